The second-order valence-corrected chi connectivity index (χ2v) is 5.96. The highest BCUT2D eigenvalue weighted by atomic mass is 79.9. The van der Waals surface area contributed by atoms with Gasteiger partial charge in [0.2, 0.25) is 0 Å². The van der Waals surface area contributed by atoms with Crippen molar-refractivity contribution in [2.24, 2.45) is 5.73 Å². The summed E-state index contributed by atoms with van der Waals surface area (Å²) in [5, 5.41) is 0.637. The number of rotatable bonds is 3. The molecule has 0 saturated carbocycles. The number of hydrogen-bond donors (Lipinski definition) is 1. The van der Waals surface area contributed by atoms with Gasteiger partial charge in [-0.25, -0.2) is 4.39 Å². The van der Waals surface area contributed by atoms with Crippen LogP contribution in [-0.2, 0) is 6.54 Å². The van der Waals surface area contributed by atoms with Crippen molar-refractivity contribution < 1.29 is 4.39 Å². The molecule has 0 unspecified atom stereocenters. The van der Waals surface area contributed by atoms with Crippen molar-refractivity contribution in [3.63, 3.8) is 0 Å². The molecular weight excluding hydrogens is 337 g/mol. The monoisotopic (exact) mass is 345 g/mol. The Bertz CT molecular complexity index is 577. The fraction of sp³-hybridized carbons (Fsp3) is 0.0769. The summed E-state index contributed by atoms with van der Waals surface area (Å²) < 4.78 is 14.5. The van der Waals surface area contributed by atoms with Gasteiger partial charge in [-0.3, -0.25) is 0 Å². The highest BCUT2D eigenvalue weighted by molar-refractivity contribution is 9.10. The lowest BCUT2D eigenvalue weighted by molar-refractivity contribution is 0.592. The van der Waals surface area contributed by atoms with Crippen LogP contribution in [0.3, 0.4) is 0 Å². The Morgan fingerprint density at radius 2 is 2.06 bits per heavy atom. The third kappa shape index (κ3) is 3.06. The van der Waals surface area contributed by atoms with E-state index in [4.69, 9.17) is 17.3 Å². The molecule has 2 aromatic carbocycles. The van der Waals surface area contributed by atoms with Crippen LogP contribution >= 0.6 is 39.3 Å². The molecule has 94 valence electrons. The molecule has 0 aliphatic heterocycles. The SMILES string of the molecule is NCc1ccc(Sc2cccc(Cl)c2)c(F)c1Br. The fourth-order valence-electron chi connectivity index (χ4n) is 1.47. The van der Waals surface area contributed by atoms with Crippen molar-refractivity contribution in [3.05, 3.63) is 57.3 Å². The van der Waals surface area contributed by atoms with Crippen LogP contribution in [0.15, 0.2) is 50.7 Å². The van der Waals surface area contributed by atoms with E-state index >= 15 is 0 Å². The number of nitrogens with two attached hydrogens (primary N) is 1. The van der Waals surface area contributed by atoms with Gasteiger partial charge in [-0.2, -0.15) is 0 Å². The molecule has 0 heterocycles. The lowest BCUT2D eigenvalue weighted by atomic mass is 10.2. The zero-order valence-corrected chi connectivity index (χ0v) is 12.4. The smallest absolute Gasteiger partial charge is 0.151 e. The molecule has 0 aromatic heterocycles. The first-order chi connectivity index (χ1) is 8.61. The minimum atomic E-state index is -0.289. The van der Waals surface area contributed by atoms with Gasteiger partial charge in [0.25, 0.3) is 0 Å². The van der Waals surface area contributed by atoms with Crippen molar-refractivity contribution in [1.29, 1.82) is 0 Å². The predicted molar refractivity (Wildman–Crippen MR) is 77.6 cm³/mol. The largest absolute Gasteiger partial charge is 0.326 e. The van der Waals surface area contributed by atoms with Gasteiger partial charge in [0.1, 0.15) is 0 Å². The van der Waals surface area contributed by atoms with E-state index in [1.54, 1.807) is 18.2 Å². The third-order valence-corrected chi connectivity index (χ3v) is 4.49. The summed E-state index contributed by atoms with van der Waals surface area (Å²) in [5.41, 5.74) is 6.27. The van der Waals surface area contributed by atoms with Gasteiger partial charge in [0.15, 0.2) is 5.82 Å². The van der Waals surface area contributed by atoms with Crippen molar-refractivity contribution in [2.75, 3.05) is 0 Å². The molecule has 0 amide bonds. The van der Waals surface area contributed by atoms with Crippen molar-refractivity contribution in [3.8, 4) is 0 Å². The predicted octanol–water partition coefficient (Wildman–Crippen LogP) is 4.85. The summed E-state index contributed by atoms with van der Waals surface area (Å²) in [6.45, 7) is 0.305. The molecular formula is C13H10BrClFNS. The summed E-state index contributed by atoms with van der Waals surface area (Å²) in [6, 6.07) is 10.9. The molecule has 0 atom stereocenters. The Hall–Kier alpha value is -0.550. The number of halogens is 3. The first kappa shape index (κ1) is 13.9. The first-order valence-corrected chi connectivity index (χ1v) is 7.21. The third-order valence-electron chi connectivity index (χ3n) is 2.37. The summed E-state index contributed by atoms with van der Waals surface area (Å²) in [7, 11) is 0. The molecule has 18 heavy (non-hydrogen) atoms. The molecule has 0 bridgehead atoms. The minimum Gasteiger partial charge on any atom is -0.326 e. The fourth-order valence-corrected chi connectivity index (χ4v) is 3.27. The molecule has 5 heteroatoms. The van der Waals surface area contributed by atoms with Gasteiger partial charge in [0.05, 0.1) is 4.47 Å². The number of hydrogen-bond acceptors (Lipinski definition) is 2. The van der Waals surface area contributed by atoms with Crippen LogP contribution < -0.4 is 5.73 Å². The van der Waals surface area contributed by atoms with E-state index < -0.39 is 0 Å². The zero-order chi connectivity index (χ0) is 13.1. The topological polar surface area (TPSA) is 26.0 Å². The molecule has 0 aliphatic carbocycles. The van der Waals surface area contributed by atoms with Crippen LogP contribution in [0.4, 0.5) is 4.39 Å². The molecule has 0 aliphatic rings. The Balaban J connectivity index is 2.33. The quantitative estimate of drug-likeness (QED) is 0.859. The van der Waals surface area contributed by atoms with E-state index in [2.05, 4.69) is 15.9 Å². The van der Waals surface area contributed by atoms with E-state index in [1.807, 2.05) is 18.2 Å². The Morgan fingerprint density at radius 3 is 2.72 bits per heavy atom. The van der Waals surface area contributed by atoms with Crippen LogP contribution in [0, 0.1) is 5.82 Å². The van der Waals surface area contributed by atoms with Crippen LogP contribution in [0.25, 0.3) is 0 Å². The molecule has 1 nitrogen and oxygen atoms in total. The average Bonchev–Trinajstić information content (AvgIpc) is 2.35. The van der Waals surface area contributed by atoms with Gasteiger partial charge in [-0.05, 0) is 45.8 Å². The second-order valence-electron chi connectivity index (χ2n) is 3.61. The summed E-state index contributed by atoms with van der Waals surface area (Å²) >= 11 is 10.5. The molecule has 2 N–H and O–H groups in total. The normalized spacial score (nSPS) is 10.7. The van der Waals surface area contributed by atoms with Gasteiger partial charge in [0, 0.05) is 21.4 Å². The second kappa shape index (κ2) is 6.06. The summed E-state index contributed by atoms with van der Waals surface area (Å²) in [6.07, 6.45) is 0. The van der Waals surface area contributed by atoms with Crippen molar-refractivity contribution >= 4 is 39.3 Å². The number of benzene rings is 2. The maximum atomic E-state index is 14.1. The van der Waals surface area contributed by atoms with E-state index in [-0.39, 0.29) is 5.82 Å². The standard InChI is InChI=1S/C13H10BrClFNS/c14-12-8(7-17)4-5-11(13(12)16)18-10-3-1-2-9(15)6-10/h1-6H,7,17H2. The molecule has 0 spiro atoms. The Morgan fingerprint density at radius 1 is 1.28 bits per heavy atom. The van der Waals surface area contributed by atoms with Gasteiger partial charge in [-0.15, -0.1) is 0 Å². The van der Waals surface area contributed by atoms with Crippen molar-refractivity contribution in [2.45, 2.75) is 16.3 Å². The highest BCUT2D eigenvalue weighted by Crippen LogP contribution is 2.35. The molecule has 2 rings (SSSR count). The molecule has 2 aromatic rings. The van der Waals surface area contributed by atoms with E-state index in [0.29, 0.717) is 20.9 Å². The Kier molecular flexibility index (Phi) is 4.67. The zero-order valence-electron chi connectivity index (χ0n) is 9.29. The lowest BCUT2D eigenvalue weighted by Gasteiger charge is -2.08. The molecule has 0 radical (unpaired) electrons. The lowest BCUT2D eigenvalue weighted by Crippen LogP contribution is -1.99. The highest BCUT2D eigenvalue weighted by Gasteiger charge is 2.11. The Labute approximate surface area is 123 Å². The van der Waals surface area contributed by atoms with Crippen LogP contribution in [-0.4, -0.2) is 0 Å². The summed E-state index contributed by atoms with van der Waals surface area (Å²) in [4.78, 5) is 1.44. The van der Waals surface area contributed by atoms with E-state index in [9.17, 15) is 4.39 Å². The van der Waals surface area contributed by atoms with Crippen LogP contribution in [0.2, 0.25) is 5.02 Å². The van der Waals surface area contributed by atoms with Gasteiger partial charge in [-0.1, -0.05) is 35.5 Å². The van der Waals surface area contributed by atoms with E-state index in [1.165, 1.54) is 11.8 Å². The van der Waals surface area contributed by atoms with Crippen LogP contribution in [0.5, 0.6) is 0 Å². The molecule has 0 saturated heterocycles. The van der Waals surface area contributed by atoms with Crippen LogP contribution in [0.1, 0.15) is 5.56 Å². The minimum absolute atomic E-state index is 0.289. The summed E-state index contributed by atoms with van der Waals surface area (Å²) in [5.74, 6) is -0.289. The first-order valence-electron chi connectivity index (χ1n) is 5.22. The van der Waals surface area contributed by atoms with Crippen molar-refractivity contribution in [1.82, 2.24) is 0 Å². The maximum absolute atomic E-state index is 14.1. The average molecular weight is 347 g/mol. The molecule has 0 fully saturated rings. The van der Waals surface area contributed by atoms with E-state index in [0.717, 1.165) is 10.5 Å². The van der Waals surface area contributed by atoms with Gasteiger partial charge < -0.3 is 5.73 Å². The van der Waals surface area contributed by atoms with Gasteiger partial charge >= 0.3 is 0 Å². The maximum Gasteiger partial charge on any atom is 0.151 e.